The summed E-state index contributed by atoms with van der Waals surface area (Å²) in [4.78, 5) is 20.5. The van der Waals surface area contributed by atoms with Gasteiger partial charge in [-0.25, -0.2) is 9.97 Å². The average Bonchev–Trinajstić information content (AvgIpc) is 2.86. The minimum atomic E-state index is -0.393. The van der Waals surface area contributed by atoms with Crippen molar-refractivity contribution in [2.24, 2.45) is 0 Å². The molecule has 100 valence electrons. The Bertz CT molecular complexity index is 800. The van der Waals surface area contributed by atoms with Crippen LogP contribution < -0.4 is 5.32 Å². The van der Waals surface area contributed by atoms with Gasteiger partial charge in [0, 0.05) is 0 Å². The van der Waals surface area contributed by atoms with Crippen molar-refractivity contribution in [3.63, 3.8) is 0 Å². The Hall–Kier alpha value is -2.47. The molecule has 0 aliphatic rings. The van der Waals surface area contributed by atoms with E-state index in [0.717, 1.165) is 0 Å². The Morgan fingerprint density at radius 2 is 1.95 bits per heavy atom. The summed E-state index contributed by atoms with van der Waals surface area (Å²) < 4.78 is 4.84. The fourth-order valence-corrected chi connectivity index (χ4v) is 1.93. The van der Waals surface area contributed by atoms with Crippen molar-refractivity contribution in [3.05, 3.63) is 46.9 Å². The zero-order valence-corrected chi connectivity index (χ0v) is 11.2. The number of halogens is 1. The Morgan fingerprint density at radius 3 is 2.60 bits per heavy atom. The van der Waals surface area contributed by atoms with Crippen molar-refractivity contribution in [2.75, 3.05) is 5.32 Å². The zero-order chi connectivity index (χ0) is 14.1. The molecular formula is C13H9ClN4O2. The quantitative estimate of drug-likeness (QED) is 0.784. The third kappa shape index (κ3) is 2.21. The maximum absolute atomic E-state index is 12.0. The summed E-state index contributed by atoms with van der Waals surface area (Å²) in [5.41, 5.74) is 1.64. The summed E-state index contributed by atoms with van der Waals surface area (Å²) in [6.07, 6.45) is 1.34. The average molecular weight is 289 g/mol. The summed E-state index contributed by atoms with van der Waals surface area (Å²) in [5.74, 6) is 0.235. The molecule has 7 heteroatoms. The van der Waals surface area contributed by atoms with Crippen LogP contribution in [-0.4, -0.2) is 21.0 Å². The van der Waals surface area contributed by atoms with Gasteiger partial charge in [0.1, 0.15) is 11.3 Å². The molecule has 1 N–H and O–H groups in total. The number of anilines is 1. The van der Waals surface area contributed by atoms with Crippen molar-refractivity contribution in [1.29, 1.82) is 0 Å². The molecule has 0 aliphatic carbocycles. The normalized spacial score (nSPS) is 10.7. The minimum Gasteiger partial charge on any atom is -0.361 e. The SMILES string of the molecule is Cc1oncc1C(=O)Nc1nc2ccccc2nc1Cl. The first-order chi connectivity index (χ1) is 9.65. The van der Waals surface area contributed by atoms with Crippen LogP contribution in [-0.2, 0) is 0 Å². The molecule has 1 aromatic carbocycles. The molecule has 0 unspecified atom stereocenters. The van der Waals surface area contributed by atoms with Crippen LogP contribution in [0.3, 0.4) is 0 Å². The highest BCUT2D eigenvalue weighted by Crippen LogP contribution is 2.21. The number of hydrogen-bond acceptors (Lipinski definition) is 5. The number of carbonyl (C=O) groups excluding carboxylic acids is 1. The smallest absolute Gasteiger partial charge is 0.262 e. The molecule has 0 aliphatic heterocycles. The molecule has 0 bridgehead atoms. The number of carbonyl (C=O) groups is 1. The van der Waals surface area contributed by atoms with Crippen LogP contribution in [0.5, 0.6) is 0 Å². The van der Waals surface area contributed by atoms with Gasteiger partial charge in [0.25, 0.3) is 5.91 Å². The number of nitrogens with one attached hydrogen (secondary N) is 1. The first-order valence-corrected chi connectivity index (χ1v) is 6.18. The molecule has 0 saturated heterocycles. The lowest BCUT2D eigenvalue weighted by Crippen LogP contribution is -2.14. The highest BCUT2D eigenvalue weighted by molar-refractivity contribution is 6.32. The molecule has 6 nitrogen and oxygen atoms in total. The number of amides is 1. The lowest BCUT2D eigenvalue weighted by Gasteiger charge is -2.06. The van der Waals surface area contributed by atoms with E-state index >= 15 is 0 Å². The van der Waals surface area contributed by atoms with E-state index in [2.05, 4.69) is 20.4 Å². The Labute approximate surface area is 118 Å². The fraction of sp³-hybridized carbons (Fsp3) is 0.0769. The van der Waals surface area contributed by atoms with Gasteiger partial charge in [-0.1, -0.05) is 28.9 Å². The standard InChI is InChI=1S/C13H9ClN4O2/c1-7-8(6-15-20-7)13(19)18-12-11(14)16-9-4-2-3-5-10(9)17-12/h2-6H,1H3,(H,17,18,19). The van der Waals surface area contributed by atoms with Crippen LogP contribution in [0.15, 0.2) is 35.0 Å². The lowest BCUT2D eigenvalue weighted by molar-refractivity contribution is 0.102. The molecule has 0 spiro atoms. The number of benzene rings is 1. The molecule has 0 fully saturated rings. The van der Waals surface area contributed by atoms with E-state index in [9.17, 15) is 4.79 Å². The van der Waals surface area contributed by atoms with Crippen LogP contribution >= 0.6 is 11.6 Å². The minimum absolute atomic E-state index is 0.131. The highest BCUT2D eigenvalue weighted by atomic mass is 35.5. The first kappa shape index (κ1) is 12.6. The van der Waals surface area contributed by atoms with Crippen molar-refractivity contribution < 1.29 is 9.32 Å². The van der Waals surface area contributed by atoms with Crippen LogP contribution in [0.2, 0.25) is 5.15 Å². The maximum Gasteiger partial charge on any atom is 0.262 e. The van der Waals surface area contributed by atoms with Gasteiger partial charge in [-0.2, -0.15) is 0 Å². The predicted molar refractivity (Wildman–Crippen MR) is 73.7 cm³/mol. The molecule has 0 radical (unpaired) electrons. The number of fused-ring (bicyclic) bond motifs is 1. The van der Waals surface area contributed by atoms with E-state index in [1.165, 1.54) is 6.20 Å². The van der Waals surface area contributed by atoms with Gasteiger partial charge in [0.05, 0.1) is 17.2 Å². The van der Waals surface area contributed by atoms with E-state index in [-0.39, 0.29) is 11.0 Å². The van der Waals surface area contributed by atoms with E-state index in [1.807, 2.05) is 12.1 Å². The number of para-hydroxylation sites is 2. The molecule has 2 aromatic heterocycles. The van der Waals surface area contributed by atoms with Gasteiger partial charge in [-0.05, 0) is 19.1 Å². The van der Waals surface area contributed by atoms with Crippen LogP contribution in [0.4, 0.5) is 5.82 Å². The number of hydrogen-bond donors (Lipinski definition) is 1. The van der Waals surface area contributed by atoms with Gasteiger partial charge in [0.15, 0.2) is 11.0 Å². The van der Waals surface area contributed by atoms with E-state index < -0.39 is 5.91 Å². The third-order valence-corrected chi connectivity index (χ3v) is 3.02. The largest absolute Gasteiger partial charge is 0.361 e. The van der Waals surface area contributed by atoms with Gasteiger partial charge in [-0.15, -0.1) is 0 Å². The number of rotatable bonds is 2. The van der Waals surface area contributed by atoms with E-state index in [1.54, 1.807) is 19.1 Å². The molecule has 3 aromatic rings. The summed E-state index contributed by atoms with van der Waals surface area (Å²) >= 11 is 6.02. The second-order valence-corrected chi connectivity index (χ2v) is 4.46. The van der Waals surface area contributed by atoms with Gasteiger partial charge in [-0.3, -0.25) is 4.79 Å². The Balaban J connectivity index is 1.96. The predicted octanol–water partition coefficient (Wildman–Crippen LogP) is 2.83. The van der Waals surface area contributed by atoms with Crippen molar-refractivity contribution in [1.82, 2.24) is 15.1 Å². The summed E-state index contributed by atoms with van der Waals surface area (Å²) in [5, 5.41) is 6.28. The topological polar surface area (TPSA) is 80.9 Å². The fourth-order valence-electron chi connectivity index (χ4n) is 1.75. The third-order valence-electron chi connectivity index (χ3n) is 2.76. The number of aryl methyl sites for hydroxylation is 1. The van der Waals surface area contributed by atoms with Crippen LogP contribution in [0.1, 0.15) is 16.1 Å². The molecule has 1 amide bonds. The molecule has 3 rings (SSSR count). The first-order valence-electron chi connectivity index (χ1n) is 5.80. The van der Waals surface area contributed by atoms with Gasteiger partial charge >= 0.3 is 0 Å². The highest BCUT2D eigenvalue weighted by Gasteiger charge is 2.16. The monoisotopic (exact) mass is 288 g/mol. The number of aromatic nitrogens is 3. The zero-order valence-electron chi connectivity index (χ0n) is 10.4. The second-order valence-electron chi connectivity index (χ2n) is 4.10. The van der Waals surface area contributed by atoms with E-state index in [4.69, 9.17) is 16.1 Å². The second kappa shape index (κ2) is 4.90. The van der Waals surface area contributed by atoms with Crippen LogP contribution in [0, 0.1) is 6.92 Å². The summed E-state index contributed by atoms with van der Waals surface area (Å²) in [6.45, 7) is 1.65. The maximum atomic E-state index is 12.0. The molecule has 0 saturated carbocycles. The molecule has 20 heavy (non-hydrogen) atoms. The molecule has 0 atom stereocenters. The molecular weight excluding hydrogens is 280 g/mol. The number of nitrogens with zero attached hydrogens (tertiary/aromatic N) is 3. The summed E-state index contributed by atoms with van der Waals surface area (Å²) in [6, 6.07) is 7.26. The van der Waals surface area contributed by atoms with Crippen molar-refractivity contribution >= 4 is 34.4 Å². The van der Waals surface area contributed by atoms with E-state index in [0.29, 0.717) is 22.4 Å². The van der Waals surface area contributed by atoms with Gasteiger partial charge in [0.2, 0.25) is 0 Å². The molecule has 2 heterocycles. The van der Waals surface area contributed by atoms with Gasteiger partial charge < -0.3 is 9.84 Å². The van der Waals surface area contributed by atoms with Crippen molar-refractivity contribution in [3.8, 4) is 0 Å². The lowest BCUT2D eigenvalue weighted by atomic mass is 10.2. The Kier molecular flexibility index (Phi) is 3.08. The Morgan fingerprint density at radius 1 is 1.25 bits per heavy atom. The van der Waals surface area contributed by atoms with Crippen molar-refractivity contribution in [2.45, 2.75) is 6.92 Å². The van der Waals surface area contributed by atoms with Crippen LogP contribution in [0.25, 0.3) is 11.0 Å². The summed E-state index contributed by atoms with van der Waals surface area (Å²) in [7, 11) is 0.